The fourth-order valence-electron chi connectivity index (χ4n) is 1.68. The van der Waals surface area contributed by atoms with Crippen LogP contribution in [0.2, 0.25) is 0 Å². The number of aryl methyl sites for hydroxylation is 2. The maximum absolute atomic E-state index is 7.08. The molecule has 0 fully saturated rings. The monoisotopic (exact) mass is 248 g/mol. The zero-order chi connectivity index (χ0) is 13.8. The average Bonchev–Trinajstić information content (AvgIpc) is 2.43. The van der Waals surface area contributed by atoms with Gasteiger partial charge in [0, 0.05) is 0 Å². The molecule has 92 valence electrons. The van der Waals surface area contributed by atoms with Crippen LogP contribution in [-0.2, 0) is 0 Å². The highest BCUT2D eigenvalue weighted by molar-refractivity contribution is 5.58. The Morgan fingerprint density at radius 3 is 1.58 bits per heavy atom. The molecule has 0 aromatic heterocycles. The van der Waals surface area contributed by atoms with E-state index in [1.165, 1.54) is 0 Å². The van der Waals surface area contributed by atoms with Crippen LogP contribution in [-0.4, -0.2) is 0 Å². The van der Waals surface area contributed by atoms with Crippen LogP contribution in [0, 0.1) is 27.0 Å². The summed E-state index contributed by atoms with van der Waals surface area (Å²) in [5.74, 6) is 1.22. The molecule has 0 aliphatic rings. The summed E-state index contributed by atoms with van der Waals surface area (Å²) in [7, 11) is 0. The predicted molar refractivity (Wildman–Crippen MR) is 75.0 cm³/mol. The number of hydrogen-bond donors (Lipinski definition) is 0. The van der Waals surface area contributed by atoms with Gasteiger partial charge in [0.05, 0.1) is 13.1 Å². The van der Waals surface area contributed by atoms with Gasteiger partial charge in [-0.15, -0.1) is 0 Å². The molecule has 0 saturated heterocycles. The van der Waals surface area contributed by atoms with Crippen molar-refractivity contribution in [2.75, 3.05) is 0 Å². The summed E-state index contributed by atoms with van der Waals surface area (Å²) in [5, 5.41) is 0. The third-order valence-corrected chi connectivity index (χ3v) is 2.84. The predicted octanol–water partition coefficient (Wildman–Crippen LogP) is 5.20. The van der Waals surface area contributed by atoms with E-state index in [9.17, 15) is 0 Å². The van der Waals surface area contributed by atoms with Crippen LogP contribution in [0.25, 0.3) is 9.69 Å². The molecular formula is C16H12N2O. The highest BCUT2D eigenvalue weighted by Gasteiger charge is 2.04. The Morgan fingerprint density at radius 1 is 0.789 bits per heavy atom. The Labute approximate surface area is 112 Å². The summed E-state index contributed by atoms with van der Waals surface area (Å²) in [4.78, 5) is 6.88. The molecule has 0 unspecified atom stereocenters. The molecule has 2 aromatic carbocycles. The van der Waals surface area contributed by atoms with Gasteiger partial charge in [-0.25, -0.2) is 9.69 Å². The van der Waals surface area contributed by atoms with Crippen LogP contribution in [0.1, 0.15) is 11.1 Å². The molecule has 0 saturated carbocycles. The molecule has 0 N–H and O–H groups in total. The first-order chi connectivity index (χ1) is 9.13. The number of nitrogens with zero attached hydrogens (tertiary/aromatic N) is 2. The molecule has 0 radical (unpaired) electrons. The van der Waals surface area contributed by atoms with Crippen LogP contribution in [0.5, 0.6) is 11.5 Å². The first kappa shape index (κ1) is 12.7. The first-order valence-electron chi connectivity index (χ1n) is 5.78. The Balaban J connectivity index is 2.32. The van der Waals surface area contributed by atoms with E-state index < -0.39 is 0 Å². The minimum atomic E-state index is 0.579. The highest BCUT2D eigenvalue weighted by atomic mass is 16.5. The van der Waals surface area contributed by atoms with Crippen molar-refractivity contribution in [2.45, 2.75) is 13.8 Å². The van der Waals surface area contributed by atoms with Gasteiger partial charge >= 0.3 is 0 Å². The van der Waals surface area contributed by atoms with E-state index in [1.54, 1.807) is 12.1 Å². The zero-order valence-electron chi connectivity index (χ0n) is 10.8. The normalized spacial score (nSPS) is 9.47. The topological polar surface area (TPSA) is 17.9 Å². The SMILES string of the molecule is [C-]#[N+]c1cc(Oc2ccc(C)c([N+]#[C-])c2)ccc1C. The molecule has 0 aliphatic heterocycles. The number of ether oxygens (including phenoxy) is 1. The molecule has 2 aromatic rings. The molecule has 19 heavy (non-hydrogen) atoms. The Hall–Kier alpha value is -2.78. The largest absolute Gasteiger partial charge is 0.460 e. The van der Waals surface area contributed by atoms with E-state index in [1.807, 2.05) is 38.1 Å². The maximum atomic E-state index is 7.08. The smallest absolute Gasteiger partial charge is 0.193 e. The quantitative estimate of drug-likeness (QED) is 0.668. The molecule has 3 nitrogen and oxygen atoms in total. The fourth-order valence-corrected chi connectivity index (χ4v) is 1.68. The summed E-state index contributed by atoms with van der Waals surface area (Å²) in [5.41, 5.74) is 3.01. The van der Waals surface area contributed by atoms with Crippen LogP contribution < -0.4 is 4.74 Å². The number of benzene rings is 2. The lowest BCUT2D eigenvalue weighted by molar-refractivity contribution is 0.483. The van der Waals surface area contributed by atoms with Crippen molar-refractivity contribution in [1.29, 1.82) is 0 Å². The molecule has 3 heteroatoms. The van der Waals surface area contributed by atoms with Gasteiger partial charge in [0.25, 0.3) is 0 Å². The van der Waals surface area contributed by atoms with Crippen LogP contribution >= 0.6 is 0 Å². The van der Waals surface area contributed by atoms with Gasteiger partial charge in [-0.3, -0.25) is 0 Å². The van der Waals surface area contributed by atoms with Gasteiger partial charge in [-0.2, -0.15) is 0 Å². The minimum Gasteiger partial charge on any atom is -0.460 e. The van der Waals surface area contributed by atoms with Crippen molar-refractivity contribution in [3.63, 3.8) is 0 Å². The lowest BCUT2D eigenvalue weighted by Gasteiger charge is -2.08. The molecule has 0 aliphatic carbocycles. The minimum absolute atomic E-state index is 0.579. The van der Waals surface area contributed by atoms with Crippen molar-refractivity contribution in [3.05, 3.63) is 70.4 Å². The third-order valence-electron chi connectivity index (χ3n) is 2.84. The number of hydrogen-bond acceptors (Lipinski definition) is 1. The second-order valence-corrected chi connectivity index (χ2v) is 4.22. The molecule has 0 heterocycles. The lowest BCUT2D eigenvalue weighted by Crippen LogP contribution is -1.85. The van der Waals surface area contributed by atoms with Crippen molar-refractivity contribution < 1.29 is 4.74 Å². The van der Waals surface area contributed by atoms with E-state index in [4.69, 9.17) is 17.9 Å². The van der Waals surface area contributed by atoms with E-state index in [2.05, 4.69) is 9.69 Å². The standard InChI is InChI=1S/C16H12N2O/c1-11-5-7-13(9-15(11)17-3)19-14-8-6-12(2)16(10-14)18-4/h5-10H,1-2H3. The van der Waals surface area contributed by atoms with Crippen molar-refractivity contribution in [3.8, 4) is 11.5 Å². The van der Waals surface area contributed by atoms with Gasteiger partial charge < -0.3 is 4.74 Å². The summed E-state index contributed by atoms with van der Waals surface area (Å²) < 4.78 is 5.69. The molecular weight excluding hydrogens is 236 g/mol. The summed E-state index contributed by atoms with van der Waals surface area (Å²) in [6, 6.07) is 10.8. The molecule has 0 atom stereocenters. The van der Waals surface area contributed by atoms with Gasteiger partial charge in [0.15, 0.2) is 11.4 Å². The average molecular weight is 248 g/mol. The van der Waals surface area contributed by atoms with Crippen molar-refractivity contribution in [1.82, 2.24) is 0 Å². The molecule has 0 amide bonds. The van der Waals surface area contributed by atoms with Crippen molar-refractivity contribution in [2.24, 2.45) is 0 Å². The van der Waals surface area contributed by atoms with Crippen molar-refractivity contribution >= 4 is 11.4 Å². The maximum Gasteiger partial charge on any atom is 0.193 e. The van der Waals surface area contributed by atoms with Gasteiger partial charge in [0.2, 0.25) is 0 Å². The Bertz CT molecular complexity index is 644. The van der Waals surface area contributed by atoms with Gasteiger partial charge in [0.1, 0.15) is 11.5 Å². The summed E-state index contributed by atoms with van der Waals surface area (Å²) in [6.45, 7) is 17.9. The van der Waals surface area contributed by atoms with Gasteiger partial charge in [-0.1, -0.05) is 12.1 Å². The van der Waals surface area contributed by atoms with E-state index in [0.717, 1.165) is 11.1 Å². The molecule has 0 bridgehead atoms. The second kappa shape index (κ2) is 5.25. The molecule has 0 spiro atoms. The van der Waals surface area contributed by atoms with Crippen LogP contribution in [0.15, 0.2) is 36.4 Å². The summed E-state index contributed by atoms with van der Waals surface area (Å²) >= 11 is 0. The first-order valence-corrected chi connectivity index (χ1v) is 5.78. The second-order valence-electron chi connectivity index (χ2n) is 4.22. The van der Waals surface area contributed by atoms with Crippen LogP contribution in [0.4, 0.5) is 11.4 Å². The Morgan fingerprint density at radius 2 is 1.21 bits per heavy atom. The Kier molecular flexibility index (Phi) is 3.50. The highest BCUT2D eigenvalue weighted by Crippen LogP contribution is 2.31. The van der Waals surface area contributed by atoms with E-state index in [0.29, 0.717) is 22.9 Å². The van der Waals surface area contributed by atoms with E-state index >= 15 is 0 Å². The van der Waals surface area contributed by atoms with Gasteiger partial charge in [-0.05, 0) is 49.2 Å². The summed E-state index contributed by atoms with van der Waals surface area (Å²) in [6.07, 6.45) is 0. The zero-order valence-corrected chi connectivity index (χ0v) is 10.8. The lowest BCUT2D eigenvalue weighted by atomic mass is 10.2. The third kappa shape index (κ3) is 2.73. The van der Waals surface area contributed by atoms with Crippen LogP contribution in [0.3, 0.4) is 0 Å². The molecule has 2 rings (SSSR count). The fraction of sp³-hybridized carbons (Fsp3) is 0.125. The number of rotatable bonds is 2. The van der Waals surface area contributed by atoms with E-state index in [-0.39, 0.29) is 0 Å².